The highest BCUT2D eigenvalue weighted by Crippen LogP contribution is 2.18. The van der Waals surface area contributed by atoms with Gasteiger partial charge in [-0.2, -0.15) is 0 Å². The third-order valence-corrected chi connectivity index (χ3v) is 3.75. The van der Waals surface area contributed by atoms with Gasteiger partial charge in [0.15, 0.2) is 0 Å². The minimum absolute atomic E-state index is 0.130. The summed E-state index contributed by atoms with van der Waals surface area (Å²) in [6.07, 6.45) is 6.38. The third kappa shape index (κ3) is 5.88. The largest absolute Gasteiger partial charge is 0.462 e. The molecule has 1 heterocycles. The van der Waals surface area contributed by atoms with Gasteiger partial charge in [0.2, 0.25) is 0 Å². The molecule has 0 spiro atoms. The summed E-state index contributed by atoms with van der Waals surface area (Å²) in [5, 5.41) is 6.08. The van der Waals surface area contributed by atoms with Crippen LogP contribution in [0.2, 0.25) is 0 Å². The molecular weight excluding hydrogens is 330 g/mol. The second-order valence-electron chi connectivity index (χ2n) is 5.85. The Balaban J connectivity index is 1.97. The number of unbranched alkanes of at least 4 members (excludes halogenated alkanes) is 2. The number of benzene rings is 1. The van der Waals surface area contributed by atoms with Gasteiger partial charge in [0.05, 0.1) is 29.6 Å². The molecule has 0 saturated carbocycles. The summed E-state index contributed by atoms with van der Waals surface area (Å²) in [6, 6.07) is 8.70. The van der Waals surface area contributed by atoms with Gasteiger partial charge in [-0.05, 0) is 43.7 Å². The highest BCUT2D eigenvalue weighted by Gasteiger charge is 2.08. The minimum Gasteiger partial charge on any atom is -0.462 e. The molecule has 0 radical (unpaired) electrons. The van der Waals surface area contributed by atoms with E-state index in [1.54, 1.807) is 49.6 Å². The van der Waals surface area contributed by atoms with Crippen molar-refractivity contribution in [2.45, 2.75) is 33.1 Å². The van der Waals surface area contributed by atoms with Crippen molar-refractivity contribution in [3.63, 3.8) is 0 Å². The first-order valence-corrected chi connectivity index (χ1v) is 8.91. The number of aromatic nitrogens is 1. The molecule has 2 rings (SSSR count). The molecule has 1 aromatic carbocycles. The van der Waals surface area contributed by atoms with Crippen LogP contribution in [-0.4, -0.2) is 30.0 Å². The van der Waals surface area contributed by atoms with Gasteiger partial charge in [-0.25, -0.2) is 4.79 Å². The Morgan fingerprint density at radius 3 is 2.46 bits per heavy atom. The first-order valence-electron chi connectivity index (χ1n) is 8.91. The molecule has 0 aliphatic carbocycles. The molecule has 0 fully saturated rings. The molecule has 0 unspecified atom stereocenters. The van der Waals surface area contributed by atoms with E-state index in [0.717, 1.165) is 24.9 Å². The average molecular weight is 355 g/mol. The zero-order chi connectivity index (χ0) is 18.8. The van der Waals surface area contributed by atoms with Crippen molar-refractivity contribution in [1.29, 1.82) is 0 Å². The molecule has 0 saturated heterocycles. The van der Waals surface area contributed by atoms with Gasteiger partial charge in [-0.15, -0.1) is 0 Å². The predicted octanol–water partition coefficient (Wildman–Crippen LogP) is 3.92. The molecule has 0 aliphatic rings. The van der Waals surface area contributed by atoms with Gasteiger partial charge in [-0.1, -0.05) is 19.8 Å². The molecule has 2 aromatic rings. The average Bonchev–Trinajstić information content (AvgIpc) is 2.66. The van der Waals surface area contributed by atoms with Crippen LogP contribution in [0.15, 0.2) is 42.7 Å². The summed E-state index contributed by atoms with van der Waals surface area (Å²) in [6.45, 7) is 4.91. The Morgan fingerprint density at radius 1 is 1.00 bits per heavy atom. The second-order valence-corrected chi connectivity index (χ2v) is 5.85. The number of hydrogen-bond donors (Lipinski definition) is 2. The highest BCUT2D eigenvalue weighted by atomic mass is 16.5. The summed E-state index contributed by atoms with van der Waals surface area (Å²) in [5.74, 6) is -0.475. The fourth-order valence-corrected chi connectivity index (χ4v) is 2.38. The lowest BCUT2D eigenvalue weighted by Gasteiger charge is -2.09. The molecule has 0 atom stereocenters. The van der Waals surface area contributed by atoms with Gasteiger partial charge in [-0.3, -0.25) is 9.78 Å². The second kappa shape index (κ2) is 10.2. The van der Waals surface area contributed by atoms with E-state index in [0.29, 0.717) is 30.0 Å². The Kier molecular flexibility index (Phi) is 7.61. The van der Waals surface area contributed by atoms with E-state index in [4.69, 9.17) is 4.74 Å². The SMILES string of the molecule is CCCCCNC(=O)c1cncc(Nc2ccc(C(=O)OCC)cc2)c1. The van der Waals surface area contributed by atoms with Crippen molar-refractivity contribution in [3.8, 4) is 0 Å². The standard InChI is InChI=1S/C20H25N3O3/c1-3-5-6-11-22-19(24)16-12-18(14-21-13-16)23-17-9-7-15(8-10-17)20(25)26-4-2/h7-10,12-14,23H,3-6,11H2,1-2H3,(H,22,24). The molecule has 1 amide bonds. The maximum Gasteiger partial charge on any atom is 0.338 e. The van der Waals surface area contributed by atoms with Crippen molar-refractivity contribution >= 4 is 23.3 Å². The molecule has 1 aromatic heterocycles. The summed E-state index contributed by atoms with van der Waals surface area (Å²) < 4.78 is 4.96. The zero-order valence-corrected chi connectivity index (χ0v) is 15.2. The van der Waals surface area contributed by atoms with Gasteiger partial charge < -0.3 is 15.4 Å². The quantitative estimate of drug-likeness (QED) is 0.526. The van der Waals surface area contributed by atoms with E-state index in [1.165, 1.54) is 0 Å². The Hall–Kier alpha value is -2.89. The lowest BCUT2D eigenvalue weighted by atomic mass is 10.2. The monoisotopic (exact) mass is 355 g/mol. The molecular formula is C20H25N3O3. The number of carbonyl (C=O) groups is 2. The molecule has 0 bridgehead atoms. The summed E-state index contributed by atoms with van der Waals surface area (Å²) in [4.78, 5) is 27.9. The Labute approximate surface area is 154 Å². The van der Waals surface area contributed by atoms with Crippen LogP contribution in [0, 0.1) is 0 Å². The molecule has 26 heavy (non-hydrogen) atoms. The van der Waals surface area contributed by atoms with E-state index >= 15 is 0 Å². The highest BCUT2D eigenvalue weighted by molar-refractivity contribution is 5.95. The van der Waals surface area contributed by atoms with Crippen LogP contribution >= 0.6 is 0 Å². The number of rotatable bonds is 9. The molecule has 6 heteroatoms. The number of esters is 1. The number of amides is 1. The van der Waals surface area contributed by atoms with Gasteiger partial charge in [0, 0.05) is 18.4 Å². The number of pyridine rings is 1. The summed E-state index contributed by atoms with van der Waals surface area (Å²) in [7, 11) is 0. The van der Waals surface area contributed by atoms with Crippen molar-refractivity contribution < 1.29 is 14.3 Å². The van der Waals surface area contributed by atoms with Gasteiger partial charge in [0.25, 0.3) is 5.91 Å². The first kappa shape index (κ1) is 19.4. The molecule has 2 N–H and O–H groups in total. The van der Waals surface area contributed by atoms with E-state index < -0.39 is 0 Å². The normalized spacial score (nSPS) is 10.2. The lowest BCUT2D eigenvalue weighted by Crippen LogP contribution is -2.24. The van der Waals surface area contributed by atoms with Crippen LogP contribution in [0.3, 0.4) is 0 Å². The third-order valence-electron chi connectivity index (χ3n) is 3.75. The Morgan fingerprint density at radius 2 is 1.77 bits per heavy atom. The number of anilines is 2. The molecule has 0 aliphatic heterocycles. The molecule has 6 nitrogen and oxygen atoms in total. The number of nitrogens with one attached hydrogen (secondary N) is 2. The van der Waals surface area contributed by atoms with Crippen molar-refractivity contribution in [1.82, 2.24) is 10.3 Å². The van der Waals surface area contributed by atoms with Crippen LogP contribution < -0.4 is 10.6 Å². The van der Waals surface area contributed by atoms with Crippen LogP contribution in [0.1, 0.15) is 53.8 Å². The first-order chi connectivity index (χ1) is 12.6. The van der Waals surface area contributed by atoms with E-state index in [1.807, 2.05) is 0 Å². The van der Waals surface area contributed by atoms with Crippen molar-refractivity contribution in [2.75, 3.05) is 18.5 Å². The van der Waals surface area contributed by atoms with E-state index in [9.17, 15) is 9.59 Å². The van der Waals surface area contributed by atoms with E-state index in [-0.39, 0.29) is 11.9 Å². The van der Waals surface area contributed by atoms with Gasteiger partial charge in [0.1, 0.15) is 0 Å². The number of ether oxygens (including phenoxy) is 1. The predicted molar refractivity (Wildman–Crippen MR) is 102 cm³/mol. The van der Waals surface area contributed by atoms with Crippen molar-refractivity contribution in [2.24, 2.45) is 0 Å². The van der Waals surface area contributed by atoms with Crippen LogP contribution in [-0.2, 0) is 4.74 Å². The summed E-state index contributed by atoms with van der Waals surface area (Å²) >= 11 is 0. The smallest absolute Gasteiger partial charge is 0.338 e. The van der Waals surface area contributed by atoms with Crippen molar-refractivity contribution in [3.05, 3.63) is 53.9 Å². The number of carbonyl (C=O) groups excluding carboxylic acids is 2. The fourth-order valence-electron chi connectivity index (χ4n) is 2.38. The van der Waals surface area contributed by atoms with E-state index in [2.05, 4.69) is 22.5 Å². The summed E-state index contributed by atoms with van der Waals surface area (Å²) in [5.41, 5.74) is 2.50. The maximum absolute atomic E-state index is 12.2. The molecule has 138 valence electrons. The van der Waals surface area contributed by atoms with Crippen LogP contribution in [0.4, 0.5) is 11.4 Å². The number of hydrogen-bond acceptors (Lipinski definition) is 5. The minimum atomic E-state index is -0.345. The topological polar surface area (TPSA) is 80.3 Å². The van der Waals surface area contributed by atoms with Gasteiger partial charge >= 0.3 is 5.97 Å². The number of nitrogens with zero attached hydrogens (tertiary/aromatic N) is 1. The fraction of sp³-hybridized carbons (Fsp3) is 0.350. The van der Waals surface area contributed by atoms with Crippen LogP contribution in [0.5, 0.6) is 0 Å². The Bertz CT molecular complexity index is 729. The van der Waals surface area contributed by atoms with Crippen LogP contribution in [0.25, 0.3) is 0 Å². The lowest BCUT2D eigenvalue weighted by molar-refractivity contribution is 0.0526. The maximum atomic E-state index is 12.2. The zero-order valence-electron chi connectivity index (χ0n) is 15.2.